The predicted octanol–water partition coefficient (Wildman–Crippen LogP) is 1.93. The molecule has 1 aromatic rings. The lowest BCUT2D eigenvalue weighted by Crippen LogP contribution is -2.48. The number of hydrogen-bond donors (Lipinski definition) is 2. The fraction of sp³-hybridized carbons (Fsp3) is 0.588. The monoisotopic (exact) mass is 290 g/mol. The Morgan fingerprint density at radius 1 is 1.33 bits per heavy atom. The van der Waals surface area contributed by atoms with E-state index in [1.54, 1.807) is 0 Å². The van der Waals surface area contributed by atoms with Crippen molar-refractivity contribution in [3.05, 3.63) is 35.9 Å². The smallest absolute Gasteiger partial charge is 0.237 e. The number of rotatable bonds is 7. The zero-order valence-electron chi connectivity index (χ0n) is 12.8. The first kappa shape index (κ1) is 16.0. The summed E-state index contributed by atoms with van der Waals surface area (Å²) in [5, 5.41) is 12.4. The van der Waals surface area contributed by atoms with Crippen LogP contribution in [0.2, 0.25) is 0 Å². The van der Waals surface area contributed by atoms with Crippen LogP contribution in [0.5, 0.6) is 0 Å². The highest BCUT2D eigenvalue weighted by Gasteiger charge is 2.24. The summed E-state index contributed by atoms with van der Waals surface area (Å²) < 4.78 is 0. The molecule has 0 aromatic heterocycles. The van der Waals surface area contributed by atoms with E-state index >= 15 is 0 Å². The summed E-state index contributed by atoms with van der Waals surface area (Å²) in [4.78, 5) is 14.4. The molecule has 0 radical (unpaired) electrons. The minimum Gasteiger partial charge on any atom is -0.395 e. The van der Waals surface area contributed by atoms with E-state index in [1.807, 2.05) is 42.2 Å². The zero-order valence-corrected chi connectivity index (χ0v) is 12.8. The van der Waals surface area contributed by atoms with Crippen molar-refractivity contribution in [2.75, 3.05) is 13.2 Å². The van der Waals surface area contributed by atoms with Crippen molar-refractivity contribution in [2.24, 2.45) is 0 Å². The standard InChI is InChI=1S/C17H26N2O2/c1-14(17(21)18-16-9-5-6-10-16)19(11-12-20)13-15-7-3-2-4-8-15/h2-4,7-8,14,16,20H,5-6,9-13H2,1H3,(H,18,21). The van der Waals surface area contributed by atoms with Crippen LogP contribution in [0.4, 0.5) is 0 Å². The summed E-state index contributed by atoms with van der Waals surface area (Å²) in [6, 6.07) is 10.2. The molecule has 2 rings (SSSR count). The van der Waals surface area contributed by atoms with Crippen molar-refractivity contribution in [1.82, 2.24) is 10.2 Å². The van der Waals surface area contributed by atoms with Crippen molar-refractivity contribution in [3.63, 3.8) is 0 Å². The van der Waals surface area contributed by atoms with Gasteiger partial charge in [-0.05, 0) is 25.3 Å². The van der Waals surface area contributed by atoms with Gasteiger partial charge in [-0.3, -0.25) is 9.69 Å². The summed E-state index contributed by atoms with van der Waals surface area (Å²) >= 11 is 0. The van der Waals surface area contributed by atoms with Gasteiger partial charge >= 0.3 is 0 Å². The summed E-state index contributed by atoms with van der Waals surface area (Å²) in [6.07, 6.45) is 4.61. The second-order valence-electron chi connectivity index (χ2n) is 5.85. The Morgan fingerprint density at radius 2 is 2.00 bits per heavy atom. The Hall–Kier alpha value is -1.39. The molecular weight excluding hydrogens is 264 g/mol. The largest absolute Gasteiger partial charge is 0.395 e. The number of hydrogen-bond acceptors (Lipinski definition) is 3. The highest BCUT2D eigenvalue weighted by atomic mass is 16.3. The summed E-state index contributed by atoms with van der Waals surface area (Å²) in [5.74, 6) is 0.0753. The van der Waals surface area contributed by atoms with E-state index in [4.69, 9.17) is 0 Å². The molecule has 1 aromatic carbocycles. The van der Waals surface area contributed by atoms with Crippen molar-refractivity contribution < 1.29 is 9.90 Å². The van der Waals surface area contributed by atoms with Crippen LogP contribution in [-0.2, 0) is 11.3 Å². The van der Waals surface area contributed by atoms with E-state index in [0.717, 1.165) is 18.4 Å². The van der Waals surface area contributed by atoms with E-state index in [2.05, 4.69) is 5.32 Å². The van der Waals surface area contributed by atoms with Crippen LogP contribution in [0.1, 0.15) is 38.2 Å². The van der Waals surface area contributed by atoms with Crippen molar-refractivity contribution in [1.29, 1.82) is 0 Å². The normalized spacial score (nSPS) is 17.1. The molecule has 21 heavy (non-hydrogen) atoms. The van der Waals surface area contributed by atoms with Crippen LogP contribution in [0, 0.1) is 0 Å². The topological polar surface area (TPSA) is 52.6 Å². The molecule has 0 saturated heterocycles. The number of nitrogens with one attached hydrogen (secondary N) is 1. The van der Waals surface area contributed by atoms with Crippen molar-refractivity contribution in [2.45, 2.75) is 51.2 Å². The number of nitrogens with zero attached hydrogens (tertiary/aromatic N) is 1. The lowest BCUT2D eigenvalue weighted by Gasteiger charge is -2.28. The Bertz CT molecular complexity index is 430. The molecule has 1 aliphatic carbocycles. The number of aliphatic hydroxyl groups excluding tert-OH is 1. The third-order valence-electron chi connectivity index (χ3n) is 4.24. The third kappa shape index (κ3) is 4.83. The average molecular weight is 290 g/mol. The Labute approximate surface area is 127 Å². The molecule has 0 spiro atoms. The van der Waals surface area contributed by atoms with Gasteiger partial charge in [0.2, 0.25) is 5.91 Å². The maximum atomic E-state index is 12.4. The molecule has 116 valence electrons. The lowest BCUT2D eigenvalue weighted by molar-refractivity contribution is -0.127. The van der Waals surface area contributed by atoms with E-state index in [1.165, 1.54) is 12.8 Å². The number of aliphatic hydroxyl groups is 1. The first-order valence-corrected chi connectivity index (χ1v) is 7.90. The number of amides is 1. The number of carbonyl (C=O) groups is 1. The number of carbonyl (C=O) groups excluding carboxylic acids is 1. The van der Waals surface area contributed by atoms with Gasteiger partial charge in [0, 0.05) is 19.1 Å². The molecule has 0 aliphatic heterocycles. The molecule has 4 heteroatoms. The molecule has 1 aliphatic rings. The molecule has 4 nitrogen and oxygen atoms in total. The first-order chi connectivity index (χ1) is 10.2. The average Bonchev–Trinajstić information content (AvgIpc) is 3.00. The van der Waals surface area contributed by atoms with E-state index < -0.39 is 0 Å². The molecule has 1 saturated carbocycles. The van der Waals surface area contributed by atoms with Crippen LogP contribution in [0.15, 0.2) is 30.3 Å². The van der Waals surface area contributed by atoms with Gasteiger partial charge in [0.05, 0.1) is 12.6 Å². The van der Waals surface area contributed by atoms with Gasteiger partial charge in [0.25, 0.3) is 0 Å². The molecule has 1 unspecified atom stereocenters. The SMILES string of the molecule is CC(C(=O)NC1CCCC1)N(CCO)Cc1ccccc1. The van der Waals surface area contributed by atoms with Gasteiger partial charge in [0.15, 0.2) is 0 Å². The summed E-state index contributed by atoms with van der Waals surface area (Å²) in [7, 11) is 0. The van der Waals surface area contributed by atoms with Gasteiger partial charge in [0.1, 0.15) is 0 Å². The lowest BCUT2D eigenvalue weighted by atomic mass is 10.1. The van der Waals surface area contributed by atoms with Gasteiger partial charge < -0.3 is 10.4 Å². The van der Waals surface area contributed by atoms with Crippen LogP contribution < -0.4 is 5.32 Å². The van der Waals surface area contributed by atoms with Crippen LogP contribution in [0.25, 0.3) is 0 Å². The molecule has 1 atom stereocenters. The first-order valence-electron chi connectivity index (χ1n) is 7.90. The van der Waals surface area contributed by atoms with Gasteiger partial charge in [-0.1, -0.05) is 43.2 Å². The maximum Gasteiger partial charge on any atom is 0.237 e. The van der Waals surface area contributed by atoms with E-state index in [-0.39, 0.29) is 18.6 Å². The third-order valence-corrected chi connectivity index (χ3v) is 4.24. The quantitative estimate of drug-likeness (QED) is 0.807. The molecular formula is C17H26N2O2. The van der Waals surface area contributed by atoms with E-state index in [9.17, 15) is 9.90 Å². The molecule has 2 N–H and O–H groups in total. The highest BCUT2D eigenvalue weighted by Crippen LogP contribution is 2.18. The number of benzene rings is 1. The second kappa shape index (κ2) is 8.15. The minimum absolute atomic E-state index is 0.0634. The predicted molar refractivity (Wildman–Crippen MR) is 83.8 cm³/mol. The second-order valence-corrected chi connectivity index (χ2v) is 5.85. The van der Waals surface area contributed by atoms with Gasteiger partial charge in [-0.2, -0.15) is 0 Å². The van der Waals surface area contributed by atoms with Crippen LogP contribution in [0.3, 0.4) is 0 Å². The fourth-order valence-electron chi connectivity index (χ4n) is 2.91. The summed E-state index contributed by atoms with van der Waals surface area (Å²) in [5.41, 5.74) is 1.16. The zero-order chi connectivity index (χ0) is 15.1. The highest BCUT2D eigenvalue weighted by molar-refractivity contribution is 5.81. The molecule has 1 fully saturated rings. The van der Waals surface area contributed by atoms with Crippen LogP contribution >= 0.6 is 0 Å². The maximum absolute atomic E-state index is 12.4. The van der Waals surface area contributed by atoms with Crippen LogP contribution in [-0.4, -0.2) is 41.1 Å². The molecule has 0 bridgehead atoms. The van der Waals surface area contributed by atoms with Crippen molar-refractivity contribution in [3.8, 4) is 0 Å². The summed E-state index contributed by atoms with van der Waals surface area (Å²) in [6.45, 7) is 3.17. The Kier molecular flexibility index (Phi) is 6.21. The fourth-order valence-corrected chi connectivity index (χ4v) is 2.91. The minimum atomic E-state index is -0.224. The Balaban J connectivity index is 1.93. The molecule has 0 heterocycles. The van der Waals surface area contributed by atoms with E-state index in [0.29, 0.717) is 19.1 Å². The van der Waals surface area contributed by atoms with Crippen molar-refractivity contribution >= 4 is 5.91 Å². The van der Waals surface area contributed by atoms with Gasteiger partial charge in [-0.15, -0.1) is 0 Å². The van der Waals surface area contributed by atoms with Gasteiger partial charge in [-0.25, -0.2) is 0 Å². The molecule has 1 amide bonds. The Morgan fingerprint density at radius 3 is 2.62 bits per heavy atom.